The molecule has 1 amide bonds. The molecule has 1 saturated heterocycles. The normalized spacial score (nSPS) is 21.4. The Kier molecular flexibility index (Phi) is 4.31. The summed E-state index contributed by atoms with van der Waals surface area (Å²) in [5.74, 6) is 0.788. The molecule has 0 aromatic carbocycles. The number of carbonyl (C=O) groups is 1. The van der Waals surface area contributed by atoms with Crippen molar-refractivity contribution in [2.45, 2.75) is 45.6 Å². The van der Waals surface area contributed by atoms with Crippen LogP contribution in [0.2, 0.25) is 0 Å². The van der Waals surface area contributed by atoms with Crippen LogP contribution in [0.25, 0.3) is 0 Å². The Balaban J connectivity index is 1.48. The number of likely N-dealkylation sites (tertiary alicyclic amines) is 1. The van der Waals surface area contributed by atoms with Gasteiger partial charge in [0.25, 0.3) is 5.91 Å². The maximum Gasteiger partial charge on any atom is 0.270 e. The van der Waals surface area contributed by atoms with Crippen molar-refractivity contribution in [3.63, 3.8) is 0 Å². The van der Waals surface area contributed by atoms with Crippen LogP contribution in [0, 0.1) is 11.3 Å². The van der Waals surface area contributed by atoms with Crippen LogP contribution < -0.4 is 0 Å². The van der Waals surface area contributed by atoms with Gasteiger partial charge in [-0.15, -0.1) is 0 Å². The molecule has 4 heteroatoms. The number of nitrogens with zero attached hydrogens (tertiary/aromatic N) is 2. The van der Waals surface area contributed by atoms with Gasteiger partial charge in [-0.3, -0.25) is 4.79 Å². The Morgan fingerprint density at radius 1 is 1.36 bits per heavy atom. The number of hydrogen-bond acceptors (Lipinski definition) is 2. The summed E-state index contributed by atoms with van der Waals surface area (Å²) < 4.78 is 7.84. The third-order valence-electron chi connectivity index (χ3n) is 5.26. The van der Waals surface area contributed by atoms with Crippen LogP contribution >= 0.6 is 0 Å². The van der Waals surface area contributed by atoms with Crippen LogP contribution in [0.15, 0.2) is 18.3 Å². The molecule has 1 aliphatic heterocycles. The quantitative estimate of drug-likeness (QED) is 0.856. The molecule has 0 N–H and O–H groups in total. The third kappa shape index (κ3) is 3.07. The van der Waals surface area contributed by atoms with Gasteiger partial charge in [0.05, 0.1) is 6.10 Å². The summed E-state index contributed by atoms with van der Waals surface area (Å²) in [4.78, 5) is 14.5. The van der Waals surface area contributed by atoms with Crippen molar-refractivity contribution in [2.24, 2.45) is 18.4 Å². The van der Waals surface area contributed by atoms with E-state index in [1.807, 2.05) is 34.8 Å². The summed E-state index contributed by atoms with van der Waals surface area (Å²) in [6.07, 6.45) is 7.02. The van der Waals surface area contributed by atoms with Gasteiger partial charge < -0.3 is 14.2 Å². The van der Waals surface area contributed by atoms with Crippen molar-refractivity contribution in [2.75, 3.05) is 19.7 Å². The van der Waals surface area contributed by atoms with Gasteiger partial charge >= 0.3 is 0 Å². The zero-order valence-electron chi connectivity index (χ0n) is 14.0. The van der Waals surface area contributed by atoms with Crippen LogP contribution in [-0.4, -0.2) is 41.2 Å². The summed E-state index contributed by atoms with van der Waals surface area (Å²) in [5.41, 5.74) is 1.25. The largest absolute Gasteiger partial charge is 0.378 e. The molecule has 2 fully saturated rings. The molecule has 1 aromatic heterocycles. The van der Waals surface area contributed by atoms with E-state index in [-0.39, 0.29) is 5.91 Å². The van der Waals surface area contributed by atoms with E-state index in [0.717, 1.165) is 38.2 Å². The Bertz CT molecular complexity index is 519. The lowest BCUT2D eigenvalue weighted by atomic mass is 9.61. The second-order valence-electron chi connectivity index (χ2n) is 7.55. The van der Waals surface area contributed by atoms with Gasteiger partial charge in [0.1, 0.15) is 5.69 Å². The van der Waals surface area contributed by atoms with Gasteiger partial charge in [-0.25, -0.2) is 0 Å². The minimum absolute atomic E-state index is 0.175. The first-order valence-corrected chi connectivity index (χ1v) is 8.51. The third-order valence-corrected chi connectivity index (χ3v) is 5.26. The van der Waals surface area contributed by atoms with Gasteiger partial charge in [0, 0.05) is 32.9 Å². The lowest BCUT2D eigenvalue weighted by molar-refractivity contribution is -0.107. The highest BCUT2D eigenvalue weighted by Gasteiger charge is 2.47. The van der Waals surface area contributed by atoms with Crippen molar-refractivity contribution in [1.82, 2.24) is 9.47 Å². The van der Waals surface area contributed by atoms with Crippen molar-refractivity contribution in [1.29, 1.82) is 0 Å². The summed E-state index contributed by atoms with van der Waals surface area (Å²) in [6, 6.07) is 3.84. The van der Waals surface area contributed by atoms with E-state index in [0.29, 0.717) is 17.4 Å². The number of piperidine rings is 1. The van der Waals surface area contributed by atoms with E-state index in [1.54, 1.807) is 0 Å². The summed E-state index contributed by atoms with van der Waals surface area (Å²) in [5, 5.41) is 0. The molecule has 1 saturated carbocycles. The molecule has 0 atom stereocenters. The Morgan fingerprint density at radius 2 is 2.05 bits per heavy atom. The van der Waals surface area contributed by atoms with Crippen molar-refractivity contribution < 1.29 is 9.53 Å². The first kappa shape index (κ1) is 15.6. The van der Waals surface area contributed by atoms with Gasteiger partial charge in [0.2, 0.25) is 0 Å². The molecule has 122 valence electrons. The van der Waals surface area contributed by atoms with Gasteiger partial charge in [-0.1, -0.05) is 13.8 Å². The standard InChI is InChI=1S/C18H28N2O2/c1-14(2)13-22-15-11-18(12-15)6-9-20(10-7-18)17(21)16-5-4-8-19(16)3/h4-5,8,14-15H,6-7,9-13H2,1-3H3. The second-order valence-corrected chi connectivity index (χ2v) is 7.55. The van der Waals surface area contributed by atoms with Crippen LogP contribution in [0.3, 0.4) is 0 Å². The zero-order valence-corrected chi connectivity index (χ0v) is 14.0. The maximum absolute atomic E-state index is 12.5. The minimum Gasteiger partial charge on any atom is -0.378 e. The molecule has 0 radical (unpaired) electrons. The predicted octanol–water partition coefficient (Wildman–Crippen LogP) is 3.08. The van der Waals surface area contributed by atoms with Gasteiger partial charge in [0.15, 0.2) is 0 Å². The van der Waals surface area contributed by atoms with E-state index >= 15 is 0 Å². The molecule has 1 aromatic rings. The highest BCUT2D eigenvalue weighted by atomic mass is 16.5. The van der Waals surface area contributed by atoms with Crippen molar-refractivity contribution >= 4 is 5.91 Å². The fourth-order valence-electron chi connectivity index (χ4n) is 3.79. The number of carbonyl (C=O) groups excluding carboxylic acids is 1. The van der Waals surface area contributed by atoms with E-state index < -0.39 is 0 Å². The summed E-state index contributed by atoms with van der Waals surface area (Å²) in [7, 11) is 1.93. The number of ether oxygens (including phenoxy) is 1. The topological polar surface area (TPSA) is 34.5 Å². The van der Waals surface area contributed by atoms with Gasteiger partial charge in [-0.2, -0.15) is 0 Å². The molecule has 22 heavy (non-hydrogen) atoms. The minimum atomic E-state index is 0.175. The molecule has 1 spiro atoms. The number of aromatic nitrogens is 1. The molecule has 4 nitrogen and oxygen atoms in total. The number of amides is 1. The van der Waals surface area contributed by atoms with E-state index in [9.17, 15) is 4.79 Å². The average molecular weight is 304 g/mol. The van der Waals surface area contributed by atoms with Crippen LogP contribution in [0.1, 0.15) is 50.0 Å². The molecular weight excluding hydrogens is 276 g/mol. The van der Waals surface area contributed by atoms with E-state index in [4.69, 9.17) is 4.74 Å². The molecule has 0 bridgehead atoms. The Labute approximate surface area is 133 Å². The first-order chi connectivity index (χ1) is 10.5. The van der Waals surface area contributed by atoms with Crippen LogP contribution in [-0.2, 0) is 11.8 Å². The number of hydrogen-bond donors (Lipinski definition) is 0. The Hall–Kier alpha value is -1.29. The molecule has 2 aliphatic rings. The van der Waals surface area contributed by atoms with E-state index in [1.165, 1.54) is 12.8 Å². The Morgan fingerprint density at radius 3 is 2.59 bits per heavy atom. The highest BCUT2D eigenvalue weighted by molar-refractivity contribution is 5.92. The lowest BCUT2D eigenvalue weighted by Gasteiger charge is -2.52. The van der Waals surface area contributed by atoms with E-state index in [2.05, 4.69) is 13.8 Å². The van der Waals surface area contributed by atoms with Crippen LogP contribution in [0.4, 0.5) is 0 Å². The lowest BCUT2D eigenvalue weighted by Crippen LogP contribution is -2.51. The number of aryl methyl sites for hydroxylation is 1. The van der Waals surface area contributed by atoms with Crippen molar-refractivity contribution in [3.05, 3.63) is 24.0 Å². The summed E-state index contributed by atoms with van der Waals surface area (Å²) >= 11 is 0. The smallest absolute Gasteiger partial charge is 0.270 e. The highest BCUT2D eigenvalue weighted by Crippen LogP contribution is 2.50. The first-order valence-electron chi connectivity index (χ1n) is 8.51. The fourth-order valence-corrected chi connectivity index (χ4v) is 3.79. The molecule has 0 unspecified atom stereocenters. The van der Waals surface area contributed by atoms with Crippen LogP contribution in [0.5, 0.6) is 0 Å². The zero-order chi connectivity index (χ0) is 15.7. The predicted molar refractivity (Wildman–Crippen MR) is 86.8 cm³/mol. The molecular formula is C18H28N2O2. The molecule has 1 aliphatic carbocycles. The second kappa shape index (κ2) is 6.07. The van der Waals surface area contributed by atoms with Crippen molar-refractivity contribution in [3.8, 4) is 0 Å². The average Bonchev–Trinajstić information content (AvgIpc) is 2.88. The van der Waals surface area contributed by atoms with Gasteiger partial charge in [-0.05, 0) is 49.1 Å². The molecule has 3 rings (SSSR count). The number of rotatable bonds is 4. The fraction of sp³-hybridized carbons (Fsp3) is 0.722. The summed E-state index contributed by atoms with van der Waals surface area (Å²) in [6.45, 7) is 7.05. The monoisotopic (exact) mass is 304 g/mol. The molecule has 2 heterocycles. The SMILES string of the molecule is CC(C)COC1CC2(CCN(C(=O)c3cccn3C)CC2)C1. The maximum atomic E-state index is 12.5.